The van der Waals surface area contributed by atoms with Crippen LogP contribution in [0, 0.1) is 0 Å². The van der Waals surface area contributed by atoms with Crippen LogP contribution in [-0.4, -0.2) is 29.3 Å². The maximum absolute atomic E-state index is 10.2. The smallest absolute Gasteiger partial charge is 0.0786 e. The van der Waals surface area contributed by atoms with Crippen molar-refractivity contribution in [1.29, 1.82) is 0 Å². The zero-order chi connectivity index (χ0) is 10.7. The van der Waals surface area contributed by atoms with Gasteiger partial charge in [-0.3, -0.25) is 0 Å². The van der Waals surface area contributed by atoms with Gasteiger partial charge in [-0.15, -0.1) is 0 Å². The maximum Gasteiger partial charge on any atom is 0.0786 e. The molecule has 0 heterocycles. The molecule has 2 fully saturated rings. The third kappa shape index (κ3) is 3.16. The summed E-state index contributed by atoms with van der Waals surface area (Å²) in [5.41, 5.74) is 5.31. The average molecular weight is 212 g/mol. The highest BCUT2D eigenvalue weighted by atomic mass is 16.3. The van der Waals surface area contributed by atoms with E-state index in [0.29, 0.717) is 6.04 Å². The third-order valence-corrected chi connectivity index (χ3v) is 3.95. The molecule has 3 nitrogen and oxygen atoms in total. The molecule has 2 atom stereocenters. The number of aliphatic hydroxyl groups is 1. The summed E-state index contributed by atoms with van der Waals surface area (Å²) in [6.45, 7) is 0.741. The van der Waals surface area contributed by atoms with Gasteiger partial charge in [0.1, 0.15) is 0 Å². The van der Waals surface area contributed by atoms with E-state index in [1.165, 1.54) is 32.1 Å². The van der Waals surface area contributed by atoms with E-state index in [-0.39, 0.29) is 6.04 Å². The van der Waals surface area contributed by atoms with Crippen LogP contribution in [0.3, 0.4) is 0 Å². The van der Waals surface area contributed by atoms with Crippen molar-refractivity contribution in [3.8, 4) is 0 Å². The van der Waals surface area contributed by atoms with Crippen LogP contribution in [-0.2, 0) is 0 Å². The van der Waals surface area contributed by atoms with Crippen molar-refractivity contribution in [2.75, 3.05) is 6.54 Å². The molecule has 15 heavy (non-hydrogen) atoms. The summed E-state index contributed by atoms with van der Waals surface area (Å²) in [6.07, 6.45) is 9.24. The monoisotopic (exact) mass is 212 g/mol. The van der Waals surface area contributed by atoms with Crippen LogP contribution in [0.4, 0.5) is 0 Å². The van der Waals surface area contributed by atoms with E-state index in [1.54, 1.807) is 0 Å². The second-order valence-electron chi connectivity index (χ2n) is 5.44. The number of rotatable bonds is 3. The average Bonchev–Trinajstić information content (AvgIpc) is 2.58. The molecule has 0 aromatic heterocycles. The van der Waals surface area contributed by atoms with Crippen molar-refractivity contribution < 1.29 is 5.11 Å². The van der Waals surface area contributed by atoms with Crippen LogP contribution < -0.4 is 11.1 Å². The molecule has 2 rings (SSSR count). The number of nitrogens with two attached hydrogens (primary N) is 1. The Morgan fingerprint density at radius 3 is 2.53 bits per heavy atom. The highest BCUT2D eigenvalue weighted by Crippen LogP contribution is 2.28. The molecule has 2 aliphatic rings. The van der Waals surface area contributed by atoms with Crippen molar-refractivity contribution in [1.82, 2.24) is 5.32 Å². The van der Waals surface area contributed by atoms with Gasteiger partial charge in [-0.25, -0.2) is 0 Å². The van der Waals surface area contributed by atoms with Crippen molar-refractivity contribution in [3.63, 3.8) is 0 Å². The molecule has 0 aromatic carbocycles. The zero-order valence-electron chi connectivity index (χ0n) is 9.54. The minimum absolute atomic E-state index is 0.211. The minimum atomic E-state index is -0.517. The van der Waals surface area contributed by atoms with Gasteiger partial charge in [0.2, 0.25) is 0 Å². The number of nitrogens with one attached hydrogen (secondary N) is 1. The van der Waals surface area contributed by atoms with E-state index in [4.69, 9.17) is 5.73 Å². The van der Waals surface area contributed by atoms with Crippen molar-refractivity contribution in [3.05, 3.63) is 0 Å². The van der Waals surface area contributed by atoms with E-state index in [0.717, 1.165) is 25.8 Å². The number of hydrogen-bond acceptors (Lipinski definition) is 3. The first kappa shape index (κ1) is 11.4. The number of hydrogen-bond donors (Lipinski definition) is 3. The standard InChI is InChI=1S/C12H24N2O/c13-10-6-7-12(15,8-10)9-14-11-4-2-1-3-5-11/h10-11,14-15H,1-9,13H2. The van der Waals surface area contributed by atoms with E-state index >= 15 is 0 Å². The molecule has 0 saturated heterocycles. The molecule has 0 spiro atoms. The first-order valence-corrected chi connectivity index (χ1v) is 6.39. The summed E-state index contributed by atoms with van der Waals surface area (Å²) in [5.74, 6) is 0. The Morgan fingerprint density at radius 1 is 1.20 bits per heavy atom. The summed E-state index contributed by atoms with van der Waals surface area (Å²) in [5, 5.41) is 13.8. The summed E-state index contributed by atoms with van der Waals surface area (Å²) in [6, 6.07) is 0.850. The van der Waals surface area contributed by atoms with Gasteiger partial charge >= 0.3 is 0 Å². The Morgan fingerprint density at radius 2 is 1.93 bits per heavy atom. The van der Waals surface area contributed by atoms with Gasteiger partial charge in [0, 0.05) is 18.6 Å². The first-order valence-electron chi connectivity index (χ1n) is 6.39. The summed E-state index contributed by atoms with van der Waals surface area (Å²) in [4.78, 5) is 0. The molecule has 0 bridgehead atoms. The van der Waals surface area contributed by atoms with Crippen LogP contribution in [0.25, 0.3) is 0 Å². The van der Waals surface area contributed by atoms with Gasteiger partial charge in [-0.05, 0) is 32.1 Å². The molecule has 2 unspecified atom stereocenters. The Hall–Kier alpha value is -0.120. The fourth-order valence-electron chi connectivity index (χ4n) is 2.95. The molecular weight excluding hydrogens is 188 g/mol. The second-order valence-corrected chi connectivity index (χ2v) is 5.44. The summed E-state index contributed by atoms with van der Waals surface area (Å²) >= 11 is 0. The van der Waals surface area contributed by atoms with Gasteiger partial charge < -0.3 is 16.2 Å². The normalized spacial score (nSPS) is 38.4. The van der Waals surface area contributed by atoms with Gasteiger partial charge in [0.05, 0.1) is 5.60 Å². The van der Waals surface area contributed by atoms with Gasteiger partial charge in [0.25, 0.3) is 0 Å². The topological polar surface area (TPSA) is 58.3 Å². The molecule has 0 aliphatic heterocycles. The molecular formula is C12H24N2O. The van der Waals surface area contributed by atoms with Gasteiger partial charge in [-0.2, -0.15) is 0 Å². The summed E-state index contributed by atoms with van der Waals surface area (Å²) in [7, 11) is 0. The Balaban J connectivity index is 1.72. The molecule has 0 radical (unpaired) electrons. The minimum Gasteiger partial charge on any atom is -0.389 e. The Kier molecular flexibility index (Phi) is 3.65. The lowest BCUT2D eigenvalue weighted by atomic mass is 9.94. The molecule has 4 N–H and O–H groups in total. The van der Waals surface area contributed by atoms with Gasteiger partial charge in [0.15, 0.2) is 0 Å². The van der Waals surface area contributed by atoms with Crippen molar-refractivity contribution >= 4 is 0 Å². The van der Waals surface area contributed by atoms with E-state index in [2.05, 4.69) is 5.32 Å². The highest BCUT2D eigenvalue weighted by molar-refractivity contribution is 4.93. The van der Waals surface area contributed by atoms with E-state index in [9.17, 15) is 5.11 Å². The molecule has 2 aliphatic carbocycles. The van der Waals surface area contributed by atoms with E-state index < -0.39 is 5.60 Å². The first-order chi connectivity index (χ1) is 7.18. The van der Waals surface area contributed by atoms with Crippen LogP contribution in [0.5, 0.6) is 0 Å². The van der Waals surface area contributed by atoms with Crippen molar-refractivity contribution in [2.24, 2.45) is 5.73 Å². The molecule has 3 heteroatoms. The summed E-state index contributed by atoms with van der Waals surface area (Å²) < 4.78 is 0. The lowest BCUT2D eigenvalue weighted by Crippen LogP contribution is -2.44. The predicted molar refractivity (Wildman–Crippen MR) is 61.7 cm³/mol. The Labute approximate surface area is 92.4 Å². The largest absolute Gasteiger partial charge is 0.389 e. The van der Waals surface area contributed by atoms with E-state index in [1.807, 2.05) is 0 Å². The molecule has 88 valence electrons. The van der Waals surface area contributed by atoms with Gasteiger partial charge in [-0.1, -0.05) is 19.3 Å². The second kappa shape index (κ2) is 4.81. The van der Waals surface area contributed by atoms with Crippen LogP contribution in [0.2, 0.25) is 0 Å². The van der Waals surface area contributed by atoms with Crippen LogP contribution >= 0.6 is 0 Å². The van der Waals surface area contributed by atoms with Crippen molar-refractivity contribution in [2.45, 2.75) is 69.1 Å². The van der Waals surface area contributed by atoms with Crippen LogP contribution in [0.15, 0.2) is 0 Å². The highest BCUT2D eigenvalue weighted by Gasteiger charge is 2.35. The van der Waals surface area contributed by atoms with Crippen LogP contribution in [0.1, 0.15) is 51.4 Å². The zero-order valence-corrected chi connectivity index (χ0v) is 9.54. The molecule has 0 aromatic rings. The predicted octanol–water partition coefficient (Wildman–Crippen LogP) is 1.15. The maximum atomic E-state index is 10.2. The Bertz CT molecular complexity index is 204. The lowest BCUT2D eigenvalue weighted by Gasteiger charge is -2.29. The lowest BCUT2D eigenvalue weighted by molar-refractivity contribution is 0.0422. The quantitative estimate of drug-likeness (QED) is 0.658. The third-order valence-electron chi connectivity index (χ3n) is 3.95. The fourth-order valence-corrected chi connectivity index (χ4v) is 2.95. The fraction of sp³-hybridized carbons (Fsp3) is 1.00. The SMILES string of the molecule is NC1CCC(O)(CNC2CCCCC2)C1. The molecule has 2 saturated carbocycles. The molecule has 0 amide bonds.